The summed E-state index contributed by atoms with van der Waals surface area (Å²) in [5.74, 6) is -1.75. The van der Waals surface area contributed by atoms with Crippen molar-refractivity contribution in [3.8, 4) is 0 Å². The van der Waals surface area contributed by atoms with Crippen molar-refractivity contribution in [3.63, 3.8) is 0 Å². The average molecular weight is 307 g/mol. The van der Waals surface area contributed by atoms with E-state index in [9.17, 15) is 18.0 Å². The Hall–Kier alpha value is -1.15. The maximum absolute atomic E-state index is 12.4. The number of ether oxygens (including phenoxy) is 1. The van der Waals surface area contributed by atoms with Crippen LogP contribution in [0, 0.1) is 0 Å². The summed E-state index contributed by atoms with van der Waals surface area (Å²) in [7, 11) is -2.66. The topological polar surface area (TPSA) is 101 Å². The zero-order chi connectivity index (χ0) is 15.3. The third kappa shape index (κ3) is 3.92. The van der Waals surface area contributed by atoms with E-state index in [1.807, 2.05) is 0 Å². The van der Waals surface area contributed by atoms with Crippen LogP contribution in [-0.4, -0.2) is 54.7 Å². The Morgan fingerprint density at radius 1 is 1.40 bits per heavy atom. The van der Waals surface area contributed by atoms with Crippen LogP contribution in [0.3, 0.4) is 0 Å². The predicted octanol–water partition coefficient (Wildman–Crippen LogP) is 0.597. The molecule has 2 unspecified atom stereocenters. The molecule has 20 heavy (non-hydrogen) atoms. The normalized spacial score (nSPS) is 22.2. The highest BCUT2D eigenvalue weighted by Gasteiger charge is 2.39. The maximum Gasteiger partial charge on any atom is 0.325 e. The summed E-state index contributed by atoms with van der Waals surface area (Å²) < 4.78 is 30.6. The number of methoxy groups -OCH3 is 1. The number of carbonyl (C=O) groups excluding carboxylic acids is 1. The standard InChI is InChI=1S/C12H21NO6S/c1-9(12(16)19-2)20(17,18)13-8-4-3-5-10(13)6-7-11(14)15/h9-10H,3-8H2,1-2H3,(H,14,15). The van der Waals surface area contributed by atoms with E-state index in [0.29, 0.717) is 13.0 Å². The molecule has 1 heterocycles. The minimum Gasteiger partial charge on any atom is -0.481 e. The molecule has 7 nitrogen and oxygen atoms in total. The average Bonchev–Trinajstić information content (AvgIpc) is 2.43. The Morgan fingerprint density at radius 3 is 2.60 bits per heavy atom. The molecule has 1 N–H and O–H groups in total. The van der Waals surface area contributed by atoms with Gasteiger partial charge in [-0.1, -0.05) is 6.42 Å². The first-order chi connectivity index (χ1) is 9.30. The van der Waals surface area contributed by atoms with Crippen LogP contribution in [-0.2, 0) is 24.3 Å². The number of carboxylic acid groups (broad SMARTS) is 1. The van der Waals surface area contributed by atoms with Gasteiger partial charge in [-0.15, -0.1) is 0 Å². The van der Waals surface area contributed by atoms with Crippen LogP contribution < -0.4 is 0 Å². The van der Waals surface area contributed by atoms with Gasteiger partial charge in [0.1, 0.15) is 0 Å². The minimum atomic E-state index is -3.80. The fourth-order valence-corrected chi connectivity index (χ4v) is 4.13. The van der Waals surface area contributed by atoms with E-state index in [1.54, 1.807) is 0 Å². The number of piperidine rings is 1. The summed E-state index contributed by atoms with van der Waals surface area (Å²) in [5, 5.41) is 7.46. The molecule has 1 saturated heterocycles. The summed E-state index contributed by atoms with van der Waals surface area (Å²) in [4.78, 5) is 22.1. The molecule has 116 valence electrons. The Balaban J connectivity index is 2.88. The number of hydrogen-bond donors (Lipinski definition) is 1. The third-order valence-corrected chi connectivity index (χ3v) is 5.79. The second kappa shape index (κ2) is 7.03. The number of sulfonamides is 1. The summed E-state index contributed by atoms with van der Waals surface area (Å²) in [5.41, 5.74) is 0. The van der Waals surface area contributed by atoms with Gasteiger partial charge in [0, 0.05) is 19.0 Å². The minimum absolute atomic E-state index is 0.0801. The first-order valence-corrected chi connectivity index (χ1v) is 8.11. The first kappa shape index (κ1) is 16.9. The second-order valence-corrected chi connectivity index (χ2v) is 7.11. The monoisotopic (exact) mass is 307 g/mol. The lowest BCUT2D eigenvalue weighted by Crippen LogP contribution is -2.49. The molecular formula is C12H21NO6S. The van der Waals surface area contributed by atoms with Gasteiger partial charge < -0.3 is 9.84 Å². The number of carbonyl (C=O) groups is 2. The summed E-state index contributed by atoms with van der Waals surface area (Å²) in [6, 6.07) is -0.350. The molecule has 8 heteroatoms. The third-order valence-electron chi connectivity index (χ3n) is 3.57. The van der Waals surface area contributed by atoms with Gasteiger partial charge in [0.15, 0.2) is 5.25 Å². The van der Waals surface area contributed by atoms with Crippen molar-refractivity contribution in [2.45, 2.75) is 50.3 Å². The van der Waals surface area contributed by atoms with Gasteiger partial charge in [-0.25, -0.2) is 8.42 Å². The van der Waals surface area contributed by atoms with Gasteiger partial charge in [-0.05, 0) is 26.2 Å². The van der Waals surface area contributed by atoms with Gasteiger partial charge in [-0.3, -0.25) is 9.59 Å². The van der Waals surface area contributed by atoms with Crippen LogP contribution in [0.1, 0.15) is 39.0 Å². The van der Waals surface area contributed by atoms with E-state index in [-0.39, 0.29) is 18.9 Å². The summed E-state index contributed by atoms with van der Waals surface area (Å²) in [6.07, 6.45) is 2.39. The zero-order valence-electron chi connectivity index (χ0n) is 11.7. The van der Waals surface area contributed by atoms with Crippen molar-refractivity contribution < 1.29 is 27.9 Å². The van der Waals surface area contributed by atoms with Crippen molar-refractivity contribution in [1.82, 2.24) is 4.31 Å². The van der Waals surface area contributed by atoms with Crippen LogP contribution in [0.15, 0.2) is 0 Å². The van der Waals surface area contributed by atoms with Gasteiger partial charge in [-0.2, -0.15) is 4.31 Å². The van der Waals surface area contributed by atoms with Crippen molar-refractivity contribution >= 4 is 22.0 Å². The fourth-order valence-electron chi connectivity index (χ4n) is 2.38. The molecule has 2 atom stereocenters. The van der Waals surface area contributed by atoms with Gasteiger partial charge >= 0.3 is 11.9 Å². The Kier molecular flexibility index (Phi) is 5.94. The second-order valence-electron chi connectivity index (χ2n) is 4.90. The lowest BCUT2D eigenvalue weighted by molar-refractivity contribution is -0.140. The first-order valence-electron chi connectivity index (χ1n) is 6.61. The molecule has 0 aromatic heterocycles. The number of carboxylic acids is 1. The number of rotatable bonds is 6. The molecule has 1 aliphatic heterocycles. The Morgan fingerprint density at radius 2 is 2.05 bits per heavy atom. The van der Waals surface area contributed by atoms with Crippen molar-refractivity contribution in [3.05, 3.63) is 0 Å². The van der Waals surface area contributed by atoms with Crippen LogP contribution in [0.4, 0.5) is 0 Å². The van der Waals surface area contributed by atoms with Gasteiger partial charge in [0.25, 0.3) is 0 Å². The molecular weight excluding hydrogens is 286 g/mol. The van der Waals surface area contributed by atoms with Crippen LogP contribution in [0.25, 0.3) is 0 Å². The van der Waals surface area contributed by atoms with E-state index in [4.69, 9.17) is 5.11 Å². The fraction of sp³-hybridized carbons (Fsp3) is 0.833. The van der Waals surface area contributed by atoms with E-state index < -0.39 is 27.2 Å². The molecule has 1 fully saturated rings. The number of aliphatic carboxylic acids is 1. The highest BCUT2D eigenvalue weighted by molar-refractivity contribution is 7.90. The van der Waals surface area contributed by atoms with Gasteiger partial charge in [0.05, 0.1) is 7.11 Å². The molecule has 0 aliphatic carbocycles. The van der Waals surface area contributed by atoms with Gasteiger partial charge in [0.2, 0.25) is 10.0 Å². The Bertz CT molecular complexity index is 461. The van der Waals surface area contributed by atoms with Crippen molar-refractivity contribution in [2.75, 3.05) is 13.7 Å². The zero-order valence-corrected chi connectivity index (χ0v) is 12.6. The maximum atomic E-state index is 12.4. The van der Waals surface area contributed by atoms with Crippen LogP contribution in [0.5, 0.6) is 0 Å². The molecule has 0 spiro atoms. The number of esters is 1. The SMILES string of the molecule is COC(=O)C(C)S(=O)(=O)N1CCCCC1CCC(=O)O. The predicted molar refractivity (Wildman–Crippen MR) is 71.6 cm³/mol. The van der Waals surface area contributed by atoms with Crippen molar-refractivity contribution in [2.24, 2.45) is 0 Å². The molecule has 0 amide bonds. The molecule has 0 bridgehead atoms. The van der Waals surface area contributed by atoms with Crippen LogP contribution in [0.2, 0.25) is 0 Å². The number of nitrogens with zero attached hydrogens (tertiary/aromatic N) is 1. The van der Waals surface area contributed by atoms with E-state index >= 15 is 0 Å². The lowest BCUT2D eigenvalue weighted by Gasteiger charge is -2.35. The Labute approximate surface area is 118 Å². The van der Waals surface area contributed by atoms with Crippen LogP contribution >= 0.6 is 0 Å². The highest BCUT2D eigenvalue weighted by Crippen LogP contribution is 2.26. The smallest absolute Gasteiger partial charge is 0.325 e. The van der Waals surface area contributed by atoms with E-state index in [2.05, 4.69) is 4.74 Å². The van der Waals surface area contributed by atoms with E-state index in [0.717, 1.165) is 20.0 Å². The summed E-state index contributed by atoms with van der Waals surface area (Å²) in [6.45, 7) is 1.62. The largest absolute Gasteiger partial charge is 0.481 e. The summed E-state index contributed by atoms with van der Waals surface area (Å²) >= 11 is 0. The van der Waals surface area contributed by atoms with E-state index in [1.165, 1.54) is 11.2 Å². The molecule has 0 aromatic carbocycles. The highest BCUT2D eigenvalue weighted by atomic mass is 32.2. The lowest BCUT2D eigenvalue weighted by atomic mass is 10.0. The molecule has 1 rings (SSSR count). The van der Waals surface area contributed by atoms with Crippen molar-refractivity contribution in [1.29, 1.82) is 0 Å². The molecule has 0 radical (unpaired) electrons. The quantitative estimate of drug-likeness (QED) is 0.721. The number of hydrogen-bond acceptors (Lipinski definition) is 5. The molecule has 0 saturated carbocycles. The molecule has 0 aromatic rings. The molecule has 1 aliphatic rings.